The van der Waals surface area contributed by atoms with Crippen LogP contribution in [0.3, 0.4) is 0 Å². The third-order valence-electron chi connectivity index (χ3n) is 9.01. The minimum absolute atomic E-state index is 0.126. The van der Waals surface area contributed by atoms with Crippen molar-refractivity contribution >= 4 is 11.9 Å². The van der Waals surface area contributed by atoms with Gasteiger partial charge in [-0.2, -0.15) is 0 Å². The first-order valence-corrected chi connectivity index (χ1v) is 11.1. The summed E-state index contributed by atoms with van der Waals surface area (Å²) in [6.45, 7) is 8.05. The lowest BCUT2D eigenvalue weighted by molar-refractivity contribution is -0.159. The van der Waals surface area contributed by atoms with E-state index in [9.17, 15) is 9.59 Å². The van der Waals surface area contributed by atoms with E-state index in [0.29, 0.717) is 22.7 Å². The van der Waals surface area contributed by atoms with Gasteiger partial charge in [-0.1, -0.05) is 13.8 Å². The van der Waals surface area contributed by atoms with Crippen molar-refractivity contribution in [1.82, 2.24) is 0 Å². The molecule has 0 aromatic heterocycles. The quantitative estimate of drug-likeness (QED) is 0.644. The Morgan fingerprint density at radius 2 is 1.52 bits per heavy atom. The molecule has 4 rings (SSSR count). The number of esters is 2. The van der Waals surface area contributed by atoms with Gasteiger partial charge in [0.15, 0.2) is 0 Å². The van der Waals surface area contributed by atoms with Crippen LogP contribution < -0.4 is 0 Å². The molecule has 0 aromatic rings. The van der Waals surface area contributed by atoms with Gasteiger partial charge in [-0.15, -0.1) is 0 Å². The predicted octanol–water partition coefficient (Wildman–Crippen LogP) is 4.89. The standard InChI is InChI=1S/C23H36O4/c1-14(24)26-17-7-10-23(4)16(11-17)5-6-19-20(23)8-9-22(3)13-18(12-21(19)22)27-15(2)25/h16-21H,5-13H2,1-4H3/t16-,17-,18-,19+,20+,21+,22+,23-/m0/s1. The van der Waals surface area contributed by atoms with Crippen LogP contribution in [0.2, 0.25) is 0 Å². The summed E-state index contributed by atoms with van der Waals surface area (Å²) >= 11 is 0. The summed E-state index contributed by atoms with van der Waals surface area (Å²) < 4.78 is 11.2. The van der Waals surface area contributed by atoms with E-state index in [1.54, 1.807) is 6.92 Å². The van der Waals surface area contributed by atoms with Crippen LogP contribution in [0.1, 0.15) is 85.5 Å². The van der Waals surface area contributed by atoms with Crippen LogP contribution in [0.15, 0.2) is 0 Å². The lowest BCUT2D eigenvalue weighted by Gasteiger charge is -2.60. The fourth-order valence-electron chi connectivity index (χ4n) is 7.88. The summed E-state index contributed by atoms with van der Waals surface area (Å²) in [7, 11) is 0. The van der Waals surface area contributed by atoms with Gasteiger partial charge >= 0.3 is 11.9 Å². The average molecular weight is 377 g/mol. The smallest absolute Gasteiger partial charge is 0.302 e. The van der Waals surface area contributed by atoms with Crippen molar-refractivity contribution in [2.75, 3.05) is 0 Å². The molecule has 152 valence electrons. The number of fused-ring (bicyclic) bond motifs is 5. The van der Waals surface area contributed by atoms with Crippen molar-refractivity contribution in [1.29, 1.82) is 0 Å². The van der Waals surface area contributed by atoms with Gasteiger partial charge in [-0.25, -0.2) is 0 Å². The van der Waals surface area contributed by atoms with Crippen molar-refractivity contribution in [2.24, 2.45) is 34.5 Å². The van der Waals surface area contributed by atoms with Gasteiger partial charge in [0.2, 0.25) is 0 Å². The third kappa shape index (κ3) is 3.31. The van der Waals surface area contributed by atoms with E-state index in [1.165, 1.54) is 39.0 Å². The number of hydrogen-bond acceptors (Lipinski definition) is 4. The normalized spacial score (nSPS) is 48.7. The topological polar surface area (TPSA) is 52.6 Å². The molecule has 4 aliphatic rings. The van der Waals surface area contributed by atoms with Crippen molar-refractivity contribution in [3.05, 3.63) is 0 Å². The third-order valence-corrected chi connectivity index (χ3v) is 9.01. The van der Waals surface area contributed by atoms with E-state index in [-0.39, 0.29) is 24.1 Å². The number of hydrogen-bond donors (Lipinski definition) is 0. The molecule has 0 N–H and O–H groups in total. The van der Waals surface area contributed by atoms with Gasteiger partial charge in [-0.05, 0) is 92.3 Å². The van der Waals surface area contributed by atoms with Gasteiger partial charge in [0.05, 0.1) is 0 Å². The molecule has 0 radical (unpaired) electrons. The molecule has 0 heterocycles. The Hall–Kier alpha value is -1.06. The van der Waals surface area contributed by atoms with E-state index in [4.69, 9.17) is 9.47 Å². The number of carbonyl (C=O) groups is 2. The second kappa shape index (κ2) is 6.77. The van der Waals surface area contributed by atoms with Crippen molar-refractivity contribution < 1.29 is 19.1 Å². The van der Waals surface area contributed by atoms with Crippen molar-refractivity contribution in [3.63, 3.8) is 0 Å². The van der Waals surface area contributed by atoms with Crippen molar-refractivity contribution in [2.45, 2.75) is 97.7 Å². The van der Waals surface area contributed by atoms with E-state index < -0.39 is 0 Å². The van der Waals surface area contributed by atoms with Gasteiger partial charge in [0, 0.05) is 13.8 Å². The maximum atomic E-state index is 11.5. The van der Waals surface area contributed by atoms with E-state index >= 15 is 0 Å². The zero-order chi connectivity index (χ0) is 19.4. The Kier molecular flexibility index (Phi) is 4.83. The SMILES string of the molecule is CC(=O)O[C@H]1CC[C@@]2(C)[C@@H](CC[C@H]3[C@H]4C[C@H](OC(C)=O)C[C@@]4(C)CC[C@H]32)C1. The van der Waals surface area contributed by atoms with Gasteiger partial charge in [-0.3, -0.25) is 9.59 Å². The molecule has 0 aliphatic heterocycles. The first-order chi connectivity index (χ1) is 12.7. The number of rotatable bonds is 2. The summed E-state index contributed by atoms with van der Waals surface area (Å²) in [6.07, 6.45) is 10.8. The molecule has 27 heavy (non-hydrogen) atoms. The average Bonchev–Trinajstić information content (AvgIpc) is 2.90. The molecule has 8 atom stereocenters. The number of carbonyl (C=O) groups excluding carboxylic acids is 2. The second-order valence-corrected chi connectivity index (χ2v) is 10.5. The van der Waals surface area contributed by atoms with E-state index in [0.717, 1.165) is 37.5 Å². The maximum absolute atomic E-state index is 11.5. The molecule has 0 bridgehead atoms. The fourth-order valence-corrected chi connectivity index (χ4v) is 7.88. The zero-order valence-electron chi connectivity index (χ0n) is 17.5. The molecule has 0 aromatic carbocycles. The van der Waals surface area contributed by atoms with Crippen LogP contribution in [0.4, 0.5) is 0 Å². The Morgan fingerprint density at radius 1 is 0.815 bits per heavy atom. The fraction of sp³-hybridized carbons (Fsp3) is 0.913. The van der Waals surface area contributed by atoms with Crippen molar-refractivity contribution in [3.8, 4) is 0 Å². The minimum Gasteiger partial charge on any atom is -0.463 e. The molecule has 0 saturated heterocycles. The highest BCUT2D eigenvalue weighted by Gasteiger charge is 2.59. The monoisotopic (exact) mass is 376 g/mol. The molecular formula is C23H36O4. The Labute approximate surface area is 163 Å². The molecule has 4 saturated carbocycles. The minimum atomic E-state index is -0.131. The predicted molar refractivity (Wildman–Crippen MR) is 103 cm³/mol. The Bertz CT molecular complexity index is 615. The first kappa shape index (κ1) is 19.3. The highest BCUT2D eigenvalue weighted by atomic mass is 16.5. The van der Waals surface area contributed by atoms with Crippen LogP contribution in [-0.2, 0) is 19.1 Å². The summed E-state index contributed by atoms with van der Waals surface area (Å²) in [4.78, 5) is 22.9. The zero-order valence-corrected chi connectivity index (χ0v) is 17.5. The Morgan fingerprint density at radius 3 is 2.22 bits per heavy atom. The molecule has 4 nitrogen and oxygen atoms in total. The van der Waals surface area contributed by atoms with E-state index in [1.807, 2.05) is 0 Å². The summed E-state index contributed by atoms with van der Waals surface area (Å²) in [6, 6.07) is 0. The van der Waals surface area contributed by atoms with Crippen LogP contribution in [0, 0.1) is 34.5 Å². The summed E-state index contributed by atoms with van der Waals surface area (Å²) in [5.74, 6) is 2.68. The van der Waals surface area contributed by atoms with Crippen LogP contribution in [0.25, 0.3) is 0 Å². The molecule has 0 amide bonds. The lowest BCUT2D eigenvalue weighted by atomic mass is 9.45. The molecule has 0 unspecified atom stereocenters. The molecule has 4 heteroatoms. The molecule has 4 aliphatic carbocycles. The van der Waals surface area contributed by atoms with Crippen LogP contribution in [0.5, 0.6) is 0 Å². The highest BCUT2D eigenvalue weighted by molar-refractivity contribution is 5.66. The molecular weight excluding hydrogens is 340 g/mol. The first-order valence-electron chi connectivity index (χ1n) is 11.1. The van der Waals surface area contributed by atoms with Crippen LogP contribution >= 0.6 is 0 Å². The summed E-state index contributed by atoms with van der Waals surface area (Å²) in [5, 5.41) is 0. The highest BCUT2D eigenvalue weighted by Crippen LogP contribution is 2.66. The Balaban J connectivity index is 1.50. The largest absolute Gasteiger partial charge is 0.463 e. The van der Waals surface area contributed by atoms with E-state index in [2.05, 4.69) is 13.8 Å². The summed E-state index contributed by atoms with van der Waals surface area (Å²) in [5.41, 5.74) is 0.736. The molecule has 0 spiro atoms. The lowest BCUT2D eigenvalue weighted by Crippen LogP contribution is -2.53. The van der Waals surface area contributed by atoms with Gasteiger partial charge < -0.3 is 9.47 Å². The molecule has 4 fully saturated rings. The maximum Gasteiger partial charge on any atom is 0.302 e. The number of ether oxygens (including phenoxy) is 2. The second-order valence-electron chi connectivity index (χ2n) is 10.5. The van der Waals surface area contributed by atoms with Gasteiger partial charge in [0.1, 0.15) is 12.2 Å². The van der Waals surface area contributed by atoms with Gasteiger partial charge in [0.25, 0.3) is 0 Å². The van der Waals surface area contributed by atoms with Crippen LogP contribution in [-0.4, -0.2) is 24.1 Å².